The molecular weight excluding hydrogens is 1500 g/mol. The van der Waals surface area contributed by atoms with Crippen LogP contribution in [0.15, 0.2) is 164 Å². The SMILES string of the molecule is CCCNC(=O)N1c2nc(-c3cccc(C(F)(F)F)c3)ccc2N2CC[C@H]1C2.Cc1cc(-c2ccc3c(n2)N(C(=O)Nc2cccnc2)[C@@H]2CCN3C2)ccn1.O=C(NC1CCCC1)N1c2nc(-c3cccc(C(F)(F)F)c3)ccc2N2CC[C@@H]1C2.O=C(NCCCO)N1c2nc(-c3cccc(C(F)(F)F)c3)ccc2N2CC[C@@H]1C2. The van der Waals surface area contributed by atoms with Gasteiger partial charge in [0.1, 0.15) is 0 Å². The number of alkyl halides is 9. The van der Waals surface area contributed by atoms with Crippen LogP contribution in [0.5, 0.6) is 0 Å². The van der Waals surface area contributed by atoms with E-state index in [9.17, 15) is 58.7 Å². The Morgan fingerprint density at radius 2 is 0.826 bits per heavy atom. The molecule has 0 unspecified atom stereocenters. The molecule has 18 rings (SSSR count). The molecule has 4 saturated heterocycles. The van der Waals surface area contributed by atoms with Crippen molar-refractivity contribution in [2.24, 2.45) is 0 Å². The number of carbonyl (C=O) groups excluding carboxylic acids is 4. The molecule has 9 aliphatic rings. The fourth-order valence-corrected chi connectivity index (χ4v) is 16.4. The number of nitrogens with one attached hydrogen (secondary N) is 4. The van der Waals surface area contributed by atoms with Gasteiger partial charge in [-0.25, -0.2) is 39.1 Å². The summed E-state index contributed by atoms with van der Waals surface area (Å²) < 4.78 is 118. The Balaban J connectivity index is 0.000000121. The summed E-state index contributed by atoms with van der Waals surface area (Å²) in [5, 5.41) is 20.7. The summed E-state index contributed by atoms with van der Waals surface area (Å²) in [5.41, 5.74) is 7.12. The second kappa shape index (κ2) is 32.9. The molecule has 32 heteroatoms. The molecule has 14 heterocycles. The second-order valence-corrected chi connectivity index (χ2v) is 29.8. The minimum absolute atomic E-state index is 0.0218. The van der Waals surface area contributed by atoms with Crippen LogP contribution in [0.1, 0.15) is 93.5 Å². The van der Waals surface area contributed by atoms with Crippen LogP contribution in [-0.2, 0) is 18.5 Å². The molecule has 3 aromatic carbocycles. The van der Waals surface area contributed by atoms with E-state index in [1.54, 1.807) is 75.8 Å². The number of halogens is 9. The predicted octanol–water partition coefficient (Wildman–Crippen LogP) is 15.8. The molecular formula is C83H85F9N18O5. The quantitative estimate of drug-likeness (QED) is 0.0598. The van der Waals surface area contributed by atoms with Crippen molar-refractivity contribution in [3.63, 3.8) is 0 Å². The van der Waals surface area contributed by atoms with E-state index in [-0.39, 0.29) is 60.9 Å². The van der Waals surface area contributed by atoms with Gasteiger partial charge in [0.15, 0.2) is 23.3 Å². The number of hydrogen-bond acceptors (Lipinski definition) is 15. The number of benzene rings is 3. The minimum atomic E-state index is -4.44. The van der Waals surface area contributed by atoms with E-state index in [0.29, 0.717) is 88.8 Å². The zero-order valence-electron chi connectivity index (χ0n) is 63.1. The lowest BCUT2D eigenvalue weighted by Gasteiger charge is -2.36. The fourth-order valence-electron chi connectivity index (χ4n) is 16.4. The van der Waals surface area contributed by atoms with Gasteiger partial charge in [-0.2, -0.15) is 39.5 Å². The first-order valence-electron chi connectivity index (χ1n) is 38.7. The number of aliphatic hydroxyl groups is 1. The highest BCUT2D eigenvalue weighted by Gasteiger charge is 2.46. The highest BCUT2D eigenvalue weighted by Crippen LogP contribution is 2.46. The first kappa shape index (κ1) is 78.4. The maximum Gasteiger partial charge on any atom is 0.416 e. The number of hydrogen-bond donors (Lipinski definition) is 5. The third-order valence-electron chi connectivity index (χ3n) is 22.1. The number of urea groups is 4. The highest BCUT2D eigenvalue weighted by molar-refractivity contribution is 6.05. The molecule has 8 aliphatic heterocycles. The van der Waals surface area contributed by atoms with Crippen molar-refractivity contribution in [1.82, 2.24) is 45.9 Å². The molecule has 5 N–H and O–H groups in total. The van der Waals surface area contributed by atoms with Gasteiger partial charge in [0.05, 0.1) is 98.3 Å². The van der Waals surface area contributed by atoms with Crippen molar-refractivity contribution in [3.8, 4) is 45.0 Å². The molecule has 4 atom stereocenters. The van der Waals surface area contributed by atoms with E-state index in [2.05, 4.69) is 71.9 Å². The third-order valence-corrected chi connectivity index (χ3v) is 22.1. The van der Waals surface area contributed by atoms with E-state index in [0.717, 1.165) is 180 Å². The molecule has 0 spiro atoms. The van der Waals surface area contributed by atoms with E-state index in [1.165, 1.54) is 18.2 Å². The largest absolute Gasteiger partial charge is 0.416 e. The Morgan fingerprint density at radius 1 is 0.443 bits per heavy atom. The average Bonchev–Trinajstić information content (AvgIpc) is 1.67. The van der Waals surface area contributed by atoms with Gasteiger partial charge in [0, 0.05) is 118 Å². The van der Waals surface area contributed by atoms with E-state index in [1.807, 2.05) is 61.2 Å². The Morgan fingerprint density at radius 3 is 1.19 bits per heavy atom. The van der Waals surface area contributed by atoms with Gasteiger partial charge in [-0.3, -0.25) is 29.6 Å². The normalized spacial score (nSPS) is 18.7. The highest BCUT2D eigenvalue weighted by atomic mass is 19.4. The zero-order chi connectivity index (χ0) is 80.5. The van der Waals surface area contributed by atoms with Crippen molar-refractivity contribution in [1.29, 1.82) is 0 Å². The average molecular weight is 1590 g/mol. The summed E-state index contributed by atoms with van der Waals surface area (Å²) in [7, 11) is 0. The summed E-state index contributed by atoms with van der Waals surface area (Å²) in [6.45, 7) is 11.3. The van der Waals surface area contributed by atoms with Crippen molar-refractivity contribution in [2.45, 2.75) is 127 Å². The van der Waals surface area contributed by atoms with Gasteiger partial charge in [-0.15, -0.1) is 0 Å². The van der Waals surface area contributed by atoms with E-state index >= 15 is 0 Å². The Labute approximate surface area is 657 Å². The lowest BCUT2D eigenvalue weighted by molar-refractivity contribution is -0.138. The Kier molecular flexibility index (Phi) is 22.5. The number of nitrogens with zero attached hydrogens (tertiary/aromatic N) is 14. The number of aromatic nitrogens is 6. The van der Waals surface area contributed by atoms with E-state index in [4.69, 9.17) is 10.1 Å². The smallest absolute Gasteiger partial charge is 0.396 e. The summed E-state index contributed by atoms with van der Waals surface area (Å²) in [4.78, 5) is 94.6. The molecule has 1 saturated carbocycles. The molecule has 115 heavy (non-hydrogen) atoms. The van der Waals surface area contributed by atoms with Crippen LogP contribution < -0.4 is 60.5 Å². The number of carbonyl (C=O) groups is 4. The number of amides is 8. The van der Waals surface area contributed by atoms with Gasteiger partial charge in [-0.1, -0.05) is 56.2 Å². The first-order chi connectivity index (χ1) is 55.3. The lowest BCUT2D eigenvalue weighted by Crippen LogP contribution is -2.52. The molecule has 8 amide bonds. The number of pyridine rings is 6. The fraction of sp³-hybridized carbons (Fsp3) is 0.373. The molecule has 600 valence electrons. The standard InChI is InChI=1S/C22H23F3N4O.C21H20N6O.C20H21F3N4O2.C20H21F3N4O/c23-22(24,25)15-5-3-4-14(12-15)18-8-9-19-20(27-18)29(17-10-11-28(19)13-17)21(30)26-16-6-1-2-7-16;1-14-11-15(6-9-23-14)18-4-5-19-20(25-18)27(17-7-10-26(19)13-17)21(28)24-16-3-2-8-22-12-16;21-20(22,23)14-4-1-3-13(11-14)16-5-6-17-18(25-16)27(15-7-9-26(17)12-15)19(29)24-8-2-10-28;1-2-9-24-19(28)27-15-8-10-26(12-15)17-7-6-16(25-18(17)27)13-4-3-5-14(11-13)20(21,22)23/h3-5,8-9,12,16-17H,1-2,6-7,10-11,13H2,(H,26,30);2-6,8-9,11-12,17H,7,10,13H2,1H3,(H,24,28);1,3-6,11,15,28H,2,7-10,12H2,(H,24,29);3-7,11,15H,2,8-10,12H2,1H3,(H,24,28)/t2*17-;2*15-/m1110/s1. The monoisotopic (exact) mass is 1580 g/mol. The summed E-state index contributed by atoms with van der Waals surface area (Å²) in [5.74, 6) is 2.21. The van der Waals surface area contributed by atoms with Gasteiger partial charge >= 0.3 is 42.7 Å². The molecule has 9 aromatic rings. The molecule has 1 aliphatic carbocycles. The topological polar surface area (TPSA) is 240 Å². The van der Waals surface area contributed by atoms with Gasteiger partial charge in [0.25, 0.3) is 0 Å². The number of fused-ring (bicyclic) bond motifs is 16. The van der Waals surface area contributed by atoms with Crippen LogP contribution in [0.2, 0.25) is 0 Å². The third kappa shape index (κ3) is 16.9. The molecule has 5 fully saturated rings. The van der Waals surface area contributed by atoms with Crippen LogP contribution in [0.25, 0.3) is 45.0 Å². The van der Waals surface area contributed by atoms with Crippen LogP contribution in [-0.4, -0.2) is 161 Å². The maximum absolute atomic E-state index is 13.1. The van der Waals surface area contributed by atoms with Crippen LogP contribution in [0.3, 0.4) is 0 Å². The van der Waals surface area contributed by atoms with Crippen molar-refractivity contribution in [2.75, 3.05) is 117 Å². The molecule has 0 radical (unpaired) electrons. The predicted molar refractivity (Wildman–Crippen MR) is 421 cm³/mol. The van der Waals surface area contributed by atoms with Gasteiger partial charge < -0.3 is 46.0 Å². The second-order valence-electron chi connectivity index (χ2n) is 29.8. The van der Waals surface area contributed by atoms with Gasteiger partial charge in [0.2, 0.25) is 0 Å². The van der Waals surface area contributed by atoms with Crippen LogP contribution in [0, 0.1) is 6.92 Å². The minimum Gasteiger partial charge on any atom is -0.396 e. The van der Waals surface area contributed by atoms with Crippen LogP contribution >= 0.6 is 0 Å². The molecule has 8 bridgehead atoms. The Hall–Kier alpha value is -11.8. The molecule has 23 nitrogen and oxygen atoms in total. The van der Waals surface area contributed by atoms with Crippen molar-refractivity contribution < 1.29 is 63.8 Å². The summed E-state index contributed by atoms with van der Waals surface area (Å²) in [6.07, 6.45) is 0.754. The lowest BCUT2D eigenvalue weighted by atomic mass is 10.1. The Bertz CT molecular complexity index is 5070. The van der Waals surface area contributed by atoms with Crippen molar-refractivity contribution in [3.05, 3.63) is 187 Å². The summed E-state index contributed by atoms with van der Waals surface area (Å²) in [6, 6.07) is 37.1. The number of anilines is 9. The number of aliphatic hydroxyl groups excluding tert-OH is 1. The maximum atomic E-state index is 13.1. The van der Waals surface area contributed by atoms with Gasteiger partial charge in [-0.05, 0) is 167 Å². The molecule has 6 aromatic heterocycles. The van der Waals surface area contributed by atoms with E-state index < -0.39 is 35.2 Å². The zero-order valence-corrected chi connectivity index (χ0v) is 63.1. The van der Waals surface area contributed by atoms with Crippen molar-refractivity contribution >= 4 is 75.8 Å². The number of aryl methyl sites for hydroxylation is 1. The number of rotatable bonds is 11. The summed E-state index contributed by atoms with van der Waals surface area (Å²) >= 11 is 0. The van der Waals surface area contributed by atoms with Crippen LogP contribution in [0.4, 0.5) is 110 Å². The first-order valence-corrected chi connectivity index (χ1v) is 38.7.